The number of amides is 3. The van der Waals surface area contributed by atoms with Gasteiger partial charge in [0.2, 0.25) is 58.1 Å². The smallest absolute Gasteiger partial charge is 0.313 e. The van der Waals surface area contributed by atoms with Crippen molar-refractivity contribution in [1.29, 1.82) is 0 Å². The SMILES string of the molecule is O=C(CCOCCOCCOCCOCCN1C(=O)c2ccccc2C1=O)NC(COCCC(=O)Oc1c(F)c(F)cc(F)c1F)(COCCC(=O)Oc1c(F)c(F)cc(F)c1F)COCCC(=O)Oc1c(F)c(F)cc(F)c1F. The van der Waals surface area contributed by atoms with E-state index in [0.717, 1.165) is 4.90 Å². The molecule has 0 unspecified atom stereocenters. The van der Waals surface area contributed by atoms with Crippen molar-refractivity contribution in [1.82, 2.24) is 10.2 Å². The summed E-state index contributed by atoms with van der Waals surface area (Å²) in [5, 5.41) is 2.48. The van der Waals surface area contributed by atoms with Crippen LogP contribution in [-0.2, 0) is 52.3 Å². The maximum atomic E-state index is 14.2. The van der Waals surface area contributed by atoms with Gasteiger partial charge in [-0.2, -0.15) is 26.3 Å². The van der Waals surface area contributed by atoms with E-state index < -0.39 is 194 Å². The van der Waals surface area contributed by atoms with E-state index >= 15 is 0 Å². The van der Waals surface area contributed by atoms with Crippen LogP contribution < -0.4 is 19.5 Å². The molecule has 0 saturated heterocycles. The van der Waals surface area contributed by atoms with Gasteiger partial charge in [-0.25, -0.2) is 26.3 Å². The number of hydrogen-bond acceptors (Lipinski definition) is 16. The van der Waals surface area contributed by atoms with Gasteiger partial charge in [0.1, 0.15) is 5.54 Å². The summed E-state index contributed by atoms with van der Waals surface area (Å²) in [5.74, 6) is -35.3. The van der Waals surface area contributed by atoms with E-state index in [4.69, 9.17) is 33.2 Å². The Morgan fingerprint density at radius 1 is 0.400 bits per heavy atom. The second-order valence-corrected chi connectivity index (χ2v) is 16.6. The maximum Gasteiger partial charge on any atom is 0.313 e. The first-order chi connectivity index (χ1) is 38.1. The number of benzene rings is 4. The number of fused-ring (bicyclic) bond motifs is 1. The highest BCUT2D eigenvalue weighted by Gasteiger charge is 2.36. The number of imide groups is 1. The molecule has 436 valence electrons. The summed E-state index contributed by atoms with van der Waals surface area (Å²) in [5.41, 5.74) is -1.41. The normalized spacial score (nSPS) is 12.3. The molecule has 3 amide bonds. The van der Waals surface area contributed by atoms with E-state index in [1.54, 1.807) is 24.3 Å². The fourth-order valence-electron chi connectivity index (χ4n) is 6.80. The van der Waals surface area contributed by atoms with Crippen LogP contribution in [0.1, 0.15) is 46.4 Å². The van der Waals surface area contributed by atoms with Crippen LogP contribution in [0.2, 0.25) is 0 Å². The van der Waals surface area contributed by atoms with Gasteiger partial charge in [-0.1, -0.05) is 12.1 Å². The van der Waals surface area contributed by atoms with Gasteiger partial charge in [-0.15, -0.1) is 0 Å². The Hall–Kier alpha value is -7.22. The summed E-state index contributed by atoms with van der Waals surface area (Å²) in [6, 6.07) is 5.97. The highest BCUT2D eigenvalue weighted by atomic mass is 19.2. The number of hydrogen-bond donors (Lipinski definition) is 1. The van der Waals surface area contributed by atoms with Crippen LogP contribution in [0.25, 0.3) is 0 Å². The van der Waals surface area contributed by atoms with Gasteiger partial charge < -0.3 is 52.7 Å². The van der Waals surface area contributed by atoms with Gasteiger partial charge in [0.25, 0.3) is 11.8 Å². The van der Waals surface area contributed by atoms with Crippen molar-refractivity contribution < 1.29 is 129 Å². The zero-order chi connectivity index (χ0) is 58.5. The molecule has 0 saturated carbocycles. The average Bonchev–Trinajstić information content (AvgIpc) is 3.70. The maximum absolute atomic E-state index is 14.2. The highest BCUT2D eigenvalue weighted by molar-refractivity contribution is 6.21. The molecule has 0 fully saturated rings. The van der Waals surface area contributed by atoms with Gasteiger partial charge in [-0.3, -0.25) is 33.7 Å². The van der Waals surface area contributed by atoms with Crippen molar-refractivity contribution in [2.24, 2.45) is 0 Å². The molecule has 4 aromatic rings. The molecular formula is C50H46F12N2O16. The third kappa shape index (κ3) is 18.2. The average molecular weight is 1160 g/mol. The Morgan fingerprint density at radius 2 is 0.688 bits per heavy atom. The minimum atomic E-state index is -2.06. The molecule has 5 rings (SSSR count). The number of carbonyl (C=O) groups excluding carboxylic acids is 6. The number of rotatable bonds is 34. The van der Waals surface area contributed by atoms with Crippen molar-refractivity contribution in [3.05, 3.63) is 123 Å². The zero-order valence-electron chi connectivity index (χ0n) is 41.5. The molecule has 0 radical (unpaired) electrons. The quantitative estimate of drug-likeness (QED) is 0.0136. The lowest BCUT2D eigenvalue weighted by Crippen LogP contribution is -2.59. The topological polar surface area (TPSA) is 210 Å². The van der Waals surface area contributed by atoms with E-state index in [0.29, 0.717) is 11.1 Å². The predicted molar refractivity (Wildman–Crippen MR) is 243 cm³/mol. The Bertz CT molecular complexity index is 2550. The molecule has 1 N–H and O–H groups in total. The second-order valence-electron chi connectivity index (χ2n) is 16.6. The molecule has 4 aromatic carbocycles. The van der Waals surface area contributed by atoms with Crippen LogP contribution in [0, 0.1) is 69.8 Å². The van der Waals surface area contributed by atoms with Crippen LogP contribution in [-0.4, -0.2) is 145 Å². The van der Waals surface area contributed by atoms with E-state index in [9.17, 15) is 81.5 Å². The van der Waals surface area contributed by atoms with Gasteiger partial charge in [0.05, 0.1) is 129 Å². The van der Waals surface area contributed by atoms with Gasteiger partial charge in [-0.05, 0) is 12.1 Å². The lowest BCUT2D eigenvalue weighted by molar-refractivity contribution is -0.138. The number of ether oxygens (including phenoxy) is 10. The predicted octanol–water partition coefficient (Wildman–Crippen LogP) is 6.30. The summed E-state index contributed by atoms with van der Waals surface area (Å²) in [6.45, 7) is -4.55. The minimum Gasteiger partial charge on any atom is -0.420 e. The standard InChI is InChI=1S/C50H46F12N2O16/c51-29-21-30(52)40(58)45(39(29)57)78-36(66)6-11-75-24-50(25-76-12-7-37(67)79-46-41(59)31(53)22-32(54)42(46)60,26-77-13-8-38(68)80-47-43(61)33(55)23-34(56)44(47)62)63-35(65)5-10-71-15-17-73-19-20-74-18-16-72-14-9-64-48(69)27-3-1-2-4-28(27)49(64)70/h1-4,21-23H,5-20,24-26H2,(H,63,65). The summed E-state index contributed by atoms with van der Waals surface area (Å²) < 4.78 is 219. The molecule has 1 aliphatic heterocycles. The molecule has 0 spiro atoms. The Kier molecular flexibility index (Phi) is 24.6. The summed E-state index contributed by atoms with van der Waals surface area (Å²) in [4.78, 5) is 76.8. The molecule has 30 heteroatoms. The minimum absolute atomic E-state index is 0.00281. The van der Waals surface area contributed by atoms with E-state index in [1.165, 1.54) is 0 Å². The first kappa shape index (κ1) is 63.6. The number of esters is 3. The van der Waals surface area contributed by atoms with Crippen LogP contribution in [0.4, 0.5) is 52.7 Å². The Balaban J connectivity index is 1.15. The van der Waals surface area contributed by atoms with Crippen LogP contribution in [0.3, 0.4) is 0 Å². The van der Waals surface area contributed by atoms with Crippen molar-refractivity contribution >= 4 is 35.6 Å². The van der Waals surface area contributed by atoms with Gasteiger partial charge >= 0.3 is 17.9 Å². The molecule has 18 nitrogen and oxygen atoms in total. The number of nitrogens with zero attached hydrogens (tertiary/aromatic N) is 1. The Morgan fingerprint density at radius 3 is 1.01 bits per heavy atom. The molecule has 0 bridgehead atoms. The molecule has 0 atom stereocenters. The van der Waals surface area contributed by atoms with Gasteiger partial charge in [0.15, 0.2) is 34.9 Å². The first-order valence-corrected chi connectivity index (χ1v) is 23.6. The second kappa shape index (κ2) is 31.0. The number of carbonyl (C=O) groups is 6. The third-order valence-corrected chi connectivity index (χ3v) is 10.7. The molecule has 80 heavy (non-hydrogen) atoms. The third-order valence-electron chi connectivity index (χ3n) is 10.7. The van der Waals surface area contributed by atoms with E-state index in [-0.39, 0.29) is 77.6 Å². The molecule has 0 aliphatic carbocycles. The summed E-state index contributed by atoms with van der Waals surface area (Å²) in [7, 11) is 0. The molecule has 1 aliphatic rings. The van der Waals surface area contributed by atoms with Crippen LogP contribution in [0.5, 0.6) is 17.2 Å². The van der Waals surface area contributed by atoms with Crippen molar-refractivity contribution in [2.45, 2.75) is 31.2 Å². The molecule has 0 aromatic heterocycles. The van der Waals surface area contributed by atoms with Crippen LogP contribution >= 0.6 is 0 Å². The van der Waals surface area contributed by atoms with E-state index in [1.807, 2.05) is 0 Å². The number of halogens is 12. The fraction of sp³-hybridized carbons (Fsp3) is 0.400. The number of nitrogens with one attached hydrogen (secondary N) is 1. The van der Waals surface area contributed by atoms with Crippen molar-refractivity contribution in [2.75, 3.05) is 99.0 Å². The zero-order valence-corrected chi connectivity index (χ0v) is 41.5. The molecule has 1 heterocycles. The van der Waals surface area contributed by atoms with Crippen LogP contribution in [0.15, 0.2) is 42.5 Å². The Labute approximate surface area is 444 Å². The van der Waals surface area contributed by atoms with Gasteiger partial charge in [0, 0.05) is 24.6 Å². The van der Waals surface area contributed by atoms with Crippen molar-refractivity contribution in [3.63, 3.8) is 0 Å². The molecular weight excluding hydrogens is 1110 g/mol. The largest absolute Gasteiger partial charge is 0.420 e. The fourth-order valence-corrected chi connectivity index (χ4v) is 6.80. The lowest BCUT2D eigenvalue weighted by Gasteiger charge is -2.34. The highest BCUT2D eigenvalue weighted by Crippen LogP contribution is 2.30. The van der Waals surface area contributed by atoms with E-state index in [2.05, 4.69) is 19.5 Å². The first-order valence-electron chi connectivity index (χ1n) is 23.6. The monoisotopic (exact) mass is 1160 g/mol. The van der Waals surface area contributed by atoms with Crippen molar-refractivity contribution in [3.8, 4) is 17.2 Å². The summed E-state index contributed by atoms with van der Waals surface area (Å²) >= 11 is 0. The lowest BCUT2D eigenvalue weighted by atomic mass is 10.0. The summed E-state index contributed by atoms with van der Waals surface area (Å²) in [6.07, 6.45) is -3.21.